The molecule has 1 heterocycles. The molecule has 1 fully saturated rings. The van der Waals surface area contributed by atoms with Crippen molar-refractivity contribution < 1.29 is 14.7 Å². The SMILES string of the molecule is CC(=O)SCC1CC(=O)N([C@H](CO)C(C)(C)C)C1. The molecule has 1 amide bonds. The number of aliphatic hydroxyl groups excluding tert-OH is 1. The molecular weight excluding hydrogens is 250 g/mol. The van der Waals surface area contributed by atoms with Gasteiger partial charge in [-0.25, -0.2) is 0 Å². The Hall–Kier alpha value is -0.550. The van der Waals surface area contributed by atoms with E-state index in [1.54, 1.807) is 11.8 Å². The minimum absolute atomic E-state index is 0.0121. The van der Waals surface area contributed by atoms with E-state index in [4.69, 9.17) is 0 Å². The molecular formula is C13H23NO3S. The summed E-state index contributed by atoms with van der Waals surface area (Å²) in [5.74, 6) is 1.01. The van der Waals surface area contributed by atoms with Gasteiger partial charge in [-0.3, -0.25) is 9.59 Å². The van der Waals surface area contributed by atoms with E-state index in [9.17, 15) is 14.7 Å². The first-order valence-corrected chi connectivity index (χ1v) is 7.28. The first-order chi connectivity index (χ1) is 8.25. The van der Waals surface area contributed by atoms with E-state index in [0.717, 1.165) is 0 Å². The Morgan fingerprint density at radius 1 is 1.56 bits per heavy atom. The summed E-state index contributed by atoms with van der Waals surface area (Å²) >= 11 is 1.28. The number of aliphatic hydroxyl groups is 1. The lowest BCUT2D eigenvalue weighted by Crippen LogP contribution is -2.47. The van der Waals surface area contributed by atoms with Crippen molar-refractivity contribution in [3.63, 3.8) is 0 Å². The van der Waals surface area contributed by atoms with Gasteiger partial charge in [-0.2, -0.15) is 0 Å². The van der Waals surface area contributed by atoms with Crippen LogP contribution in [0.15, 0.2) is 0 Å². The zero-order valence-corrected chi connectivity index (χ0v) is 12.4. The molecule has 1 unspecified atom stereocenters. The first-order valence-electron chi connectivity index (χ1n) is 6.29. The minimum atomic E-state index is -0.141. The molecule has 18 heavy (non-hydrogen) atoms. The van der Waals surface area contributed by atoms with Crippen LogP contribution in [-0.4, -0.2) is 46.0 Å². The van der Waals surface area contributed by atoms with Crippen molar-refractivity contribution in [2.75, 3.05) is 18.9 Å². The Kier molecular flexibility index (Phi) is 5.22. The van der Waals surface area contributed by atoms with Gasteiger partial charge in [0.15, 0.2) is 5.12 Å². The summed E-state index contributed by atoms with van der Waals surface area (Å²) in [6, 6.07) is -0.141. The van der Waals surface area contributed by atoms with Gasteiger partial charge in [0.2, 0.25) is 5.91 Å². The average Bonchev–Trinajstić information content (AvgIpc) is 2.56. The number of rotatable bonds is 4. The lowest BCUT2D eigenvalue weighted by Gasteiger charge is -2.36. The zero-order chi connectivity index (χ0) is 13.9. The van der Waals surface area contributed by atoms with Crippen molar-refractivity contribution in [2.45, 2.75) is 40.2 Å². The normalized spacial score (nSPS) is 22.4. The Bertz CT molecular complexity index is 325. The fourth-order valence-corrected chi connectivity index (χ4v) is 2.99. The third-order valence-corrected chi connectivity index (χ3v) is 4.35. The summed E-state index contributed by atoms with van der Waals surface area (Å²) in [4.78, 5) is 24.7. The number of carbonyl (C=O) groups excluding carboxylic acids is 2. The summed E-state index contributed by atoms with van der Waals surface area (Å²) in [6.45, 7) is 8.27. The molecule has 1 aliphatic rings. The molecule has 1 N–H and O–H groups in total. The smallest absolute Gasteiger partial charge is 0.223 e. The molecule has 1 aliphatic heterocycles. The van der Waals surface area contributed by atoms with E-state index in [1.807, 2.05) is 20.8 Å². The lowest BCUT2D eigenvalue weighted by atomic mass is 9.86. The first kappa shape index (κ1) is 15.5. The molecule has 2 atom stereocenters. The summed E-state index contributed by atoms with van der Waals surface area (Å²) in [6.07, 6.45) is 0.493. The largest absolute Gasteiger partial charge is 0.394 e. The van der Waals surface area contributed by atoms with Crippen LogP contribution in [0.25, 0.3) is 0 Å². The monoisotopic (exact) mass is 273 g/mol. The zero-order valence-electron chi connectivity index (χ0n) is 11.6. The van der Waals surface area contributed by atoms with Crippen LogP contribution in [0.3, 0.4) is 0 Å². The maximum atomic E-state index is 12.0. The van der Waals surface area contributed by atoms with Crippen LogP contribution in [0.5, 0.6) is 0 Å². The molecule has 0 aromatic rings. The Labute approximate surface area is 113 Å². The number of likely N-dealkylation sites (tertiary alicyclic amines) is 1. The van der Waals surface area contributed by atoms with E-state index >= 15 is 0 Å². The van der Waals surface area contributed by atoms with Gasteiger partial charge >= 0.3 is 0 Å². The second kappa shape index (κ2) is 6.06. The highest BCUT2D eigenvalue weighted by molar-refractivity contribution is 8.13. The minimum Gasteiger partial charge on any atom is -0.394 e. The fourth-order valence-electron chi connectivity index (χ4n) is 2.30. The van der Waals surface area contributed by atoms with Crippen LogP contribution in [0, 0.1) is 11.3 Å². The van der Waals surface area contributed by atoms with Gasteiger partial charge < -0.3 is 10.0 Å². The predicted molar refractivity (Wildman–Crippen MR) is 73.3 cm³/mol. The summed E-state index contributed by atoms with van der Waals surface area (Å²) < 4.78 is 0. The molecule has 0 aromatic carbocycles. The highest BCUT2D eigenvalue weighted by Gasteiger charge is 2.39. The van der Waals surface area contributed by atoms with Gasteiger partial charge in [0, 0.05) is 25.6 Å². The Morgan fingerprint density at radius 2 is 2.17 bits per heavy atom. The molecule has 0 bridgehead atoms. The Balaban J connectivity index is 2.63. The van der Waals surface area contributed by atoms with Gasteiger partial charge in [-0.1, -0.05) is 32.5 Å². The second-order valence-electron chi connectivity index (χ2n) is 5.98. The van der Waals surface area contributed by atoms with E-state index in [-0.39, 0.29) is 35.0 Å². The van der Waals surface area contributed by atoms with Crippen molar-refractivity contribution in [3.05, 3.63) is 0 Å². The van der Waals surface area contributed by atoms with Crippen LogP contribution in [0.2, 0.25) is 0 Å². The molecule has 104 valence electrons. The van der Waals surface area contributed by atoms with Crippen molar-refractivity contribution in [3.8, 4) is 0 Å². The molecule has 0 radical (unpaired) electrons. The number of hydrogen-bond donors (Lipinski definition) is 1. The topological polar surface area (TPSA) is 57.6 Å². The summed E-state index contributed by atoms with van der Waals surface area (Å²) in [7, 11) is 0. The molecule has 0 aromatic heterocycles. The number of amides is 1. The molecule has 5 heteroatoms. The second-order valence-corrected chi connectivity index (χ2v) is 7.18. The van der Waals surface area contributed by atoms with Crippen molar-refractivity contribution >= 4 is 22.8 Å². The van der Waals surface area contributed by atoms with Crippen molar-refractivity contribution in [1.82, 2.24) is 4.90 Å². The van der Waals surface area contributed by atoms with E-state index in [2.05, 4.69) is 0 Å². The highest BCUT2D eigenvalue weighted by atomic mass is 32.2. The molecule has 4 nitrogen and oxygen atoms in total. The number of hydrogen-bond acceptors (Lipinski definition) is 4. The van der Waals surface area contributed by atoms with Crippen LogP contribution in [0.4, 0.5) is 0 Å². The Morgan fingerprint density at radius 3 is 2.61 bits per heavy atom. The molecule has 1 rings (SSSR count). The van der Waals surface area contributed by atoms with E-state index in [0.29, 0.717) is 18.7 Å². The summed E-state index contributed by atoms with van der Waals surface area (Å²) in [5.41, 5.74) is -0.132. The number of nitrogens with zero attached hydrogens (tertiary/aromatic N) is 1. The third-order valence-electron chi connectivity index (χ3n) is 3.31. The number of carbonyl (C=O) groups is 2. The van der Waals surface area contributed by atoms with E-state index in [1.165, 1.54) is 11.8 Å². The van der Waals surface area contributed by atoms with Crippen molar-refractivity contribution in [2.24, 2.45) is 11.3 Å². The molecule has 0 saturated carbocycles. The molecule has 0 aliphatic carbocycles. The third kappa shape index (κ3) is 3.99. The predicted octanol–water partition coefficient (Wildman–Crippen LogP) is 1.52. The fraction of sp³-hybridized carbons (Fsp3) is 0.846. The van der Waals surface area contributed by atoms with E-state index < -0.39 is 0 Å². The van der Waals surface area contributed by atoms with Crippen LogP contribution < -0.4 is 0 Å². The number of thioether (sulfide) groups is 1. The van der Waals surface area contributed by atoms with Gasteiger partial charge in [0.05, 0.1) is 12.6 Å². The summed E-state index contributed by atoms with van der Waals surface area (Å²) in [5, 5.41) is 9.58. The maximum Gasteiger partial charge on any atom is 0.223 e. The molecule has 0 spiro atoms. The van der Waals surface area contributed by atoms with Gasteiger partial charge in [0.1, 0.15) is 0 Å². The average molecular weight is 273 g/mol. The van der Waals surface area contributed by atoms with Gasteiger partial charge in [-0.15, -0.1) is 0 Å². The highest BCUT2D eigenvalue weighted by Crippen LogP contribution is 2.31. The van der Waals surface area contributed by atoms with Crippen LogP contribution in [-0.2, 0) is 9.59 Å². The maximum absolute atomic E-state index is 12.0. The van der Waals surface area contributed by atoms with Gasteiger partial charge in [0.25, 0.3) is 0 Å². The van der Waals surface area contributed by atoms with Crippen LogP contribution in [0.1, 0.15) is 34.1 Å². The van der Waals surface area contributed by atoms with Gasteiger partial charge in [-0.05, 0) is 11.3 Å². The standard InChI is InChI=1S/C13H23NO3S/c1-9(16)18-8-10-5-12(17)14(6-10)11(7-15)13(2,3)4/h10-11,15H,5-8H2,1-4H3/t10?,11-/m1/s1. The van der Waals surface area contributed by atoms with Crippen molar-refractivity contribution in [1.29, 1.82) is 0 Å². The quantitative estimate of drug-likeness (QED) is 0.844. The van der Waals surface area contributed by atoms with Crippen LogP contribution >= 0.6 is 11.8 Å². The molecule has 1 saturated heterocycles. The lowest BCUT2D eigenvalue weighted by molar-refractivity contribution is -0.133.